The number of hydrogen-bond donors (Lipinski definition) is 1. The molecule has 1 saturated heterocycles. The standard InChI is InChI=1S/C9H10N2O2S/c10-5-9(1-3-13-6-9)7(12)8-11-2-4-14-8/h2,4,7,12H,1,3,6H2. The van der Waals surface area contributed by atoms with Gasteiger partial charge >= 0.3 is 0 Å². The Kier molecular flexibility index (Phi) is 2.50. The Morgan fingerprint density at radius 3 is 3.14 bits per heavy atom. The summed E-state index contributed by atoms with van der Waals surface area (Å²) in [7, 11) is 0. The van der Waals surface area contributed by atoms with Crippen LogP contribution in [0.25, 0.3) is 0 Å². The average Bonchev–Trinajstić information content (AvgIpc) is 2.89. The molecule has 0 saturated carbocycles. The third-order valence-electron chi connectivity index (χ3n) is 2.48. The molecular weight excluding hydrogens is 200 g/mol. The van der Waals surface area contributed by atoms with Crippen LogP contribution in [0.15, 0.2) is 11.6 Å². The van der Waals surface area contributed by atoms with E-state index in [1.165, 1.54) is 11.3 Å². The van der Waals surface area contributed by atoms with Gasteiger partial charge < -0.3 is 9.84 Å². The topological polar surface area (TPSA) is 66.1 Å². The van der Waals surface area contributed by atoms with Gasteiger partial charge in [0.25, 0.3) is 0 Å². The van der Waals surface area contributed by atoms with Crippen LogP contribution in [0, 0.1) is 16.7 Å². The van der Waals surface area contributed by atoms with Crippen molar-refractivity contribution >= 4 is 11.3 Å². The molecule has 1 fully saturated rings. The maximum Gasteiger partial charge on any atom is 0.126 e. The number of aromatic nitrogens is 1. The molecule has 2 rings (SSSR count). The van der Waals surface area contributed by atoms with Crippen molar-refractivity contribution in [1.29, 1.82) is 5.26 Å². The molecule has 14 heavy (non-hydrogen) atoms. The summed E-state index contributed by atoms with van der Waals surface area (Å²) in [6, 6.07) is 2.16. The maximum atomic E-state index is 10.0. The summed E-state index contributed by atoms with van der Waals surface area (Å²) in [6.45, 7) is 0.834. The van der Waals surface area contributed by atoms with E-state index in [9.17, 15) is 5.11 Å². The fourth-order valence-electron chi connectivity index (χ4n) is 1.55. The van der Waals surface area contributed by atoms with Gasteiger partial charge in [-0.1, -0.05) is 0 Å². The summed E-state index contributed by atoms with van der Waals surface area (Å²) >= 11 is 1.36. The first-order valence-corrected chi connectivity index (χ1v) is 5.23. The van der Waals surface area contributed by atoms with Crippen LogP contribution < -0.4 is 0 Å². The van der Waals surface area contributed by atoms with Gasteiger partial charge in [-0.25, -0.2) is 4.98 Å². The average molecular weight is 210 g/mol. The van der Waals surface area contributed by atoms with Crippen molar-refractivity contribution in [2.75, 3.05) is 13.2 Å². The highest BCUT2D eigenvalue weighted by Crippen LogP contribution is 2.40. The van der Waals surface area contributed by atoms with Gasteiger partial charge in [0.1, 0.15) is 16.5 Å². The summed E-state index contributed by atoms with van der Waals surface area (Å²) < 4.78 is 5.16. The third-order valence-corrected chi connectivity index (χ3v) is 3.31. The minimum atomic E-state index is -0.824. The SMILES string of the molecule is N#CC1(C(O)c2nccs2)CCOC1. The van der Waals surface area contributed by atoms with Gasteiger partial charge in [0.05, 0.1) is 12.7 Å². The van der Waals surface area contributed by atoms with Crippen LogP contribution in [-0.2, 0) is 4.74 Å². The van der Waals surface area contributed by atoms with Crippen molar-refractivity contribution in [2.45, 2.75) is 12.5 Å². The van der Waals surface area contributed by atoms with E-state index in [1.54, 1.807) is 11.6 Å². The van der Waals surface area contributed by atoms with Gasteiger partial charge in [-0.2, -0.15) is 5.26 Å². The van der Waals surface area contributed by atoms with Crippen LogP contribution in [0.4, 0.5) is 0 Å². The van der Waals surface area contributed by atoms with Gasteiger partial charge in [0.2, 0.25) is 0 Å². The molecule has 1 aliphatic heterocycles. The summed E-state index contributed by atoms with van der Waals surface area (Å²) in [5.74, 6) is 0. The molecule has 0 aliphatic carbocycles. The molecule has 4 nitrogen and oxygen atoms in total. The van der Waals surface area contributed by atoms with Crippen molar-refractivity contribution in [2.24, 2.45) is 5.41 Å². The largest absolute Gasteiger partial charge is 0.384 e. The molecule has 1 N–H and O–H groups in total. The monoisotopic (exact) mass is 210 g/mol. The fourth-order valence-corrected chi connectivity index (χ4v) is 2.29. The lowest BCUT2D eigenvalue weighted by Crippen LogP contribution is -2.27. The van der Waals surface area contributed by atoms with Gasteiger partial charge in [0.15, 0.2) is 0 Å². The Morgan fingerprint density at radius 2 is 2.64 bits per heavy atom. The lowest BCUT2D eigenvalue weighted by atomic mass is 9.83. The smallest absolute Gasteiger partial charge is 0.126 e. The number of aliphatic hydroxyl groups is 1. The molecule has 0 radical (unpaired) electrons. The Hall–Kier alpha value is -0.960. The highest BCUT2D eigenvalue weighted by Gasteiger charge is 2.44. The second-order valence-corrected chi connectivity index (χ2v) is 4.27. The van der Waals surface area contributed by atoms with E-state index in [0.29, 0.717) is 24.6 Å². The lowest BCUT2D eigenvalue weighted by Gasteiger charge is -2.23. The van der Waals surface area contributed by atoms with Crippen molar-refractivity contribution < 1.29 is 9.84 Å². The first kappa shape index (κ1) is 9.59. The van der Waals surface area contributed by atoms with E-state index in [0.717, 1.165) is 0 Å². The highest BCUT2D eigenvalue weighted by molar-refractivity contribution is 7.09. The predicted molar refractivity (Wildman–Crippen MR) is 50.6 cm³/mol. The highest BCUT2D eigenvalue weighted by atomic mass is 32.1. The van der Waals surface area contributed by atoms with Crippen molar-refractivity contribution in [3.63, 3.8) is 0 Å². The molecule has 5 heteroatoms. The summed E-state index contributed by atoms with van der Waals surface area (Å²) in [5, 5.41) is 21.5. The minimum Gasteiger partial charge on any atom is -0.384 e. The van der Waals surface area contributed by atoms with Crippen LogP contribution in [0.3, 0.4) is 0 Å². The molecule has 0 aromatic carbocycles. The summed E-state index contributed by atoms with van der Waals surface area (Å²) in [5.41, 5.74) is -0.794. The number of ether oxygens (including phenoxy) is 1. The van der Waals surface area contributed by atoms with Crippen molar-refractivity contribution in [1.82, 2.24) is 4.98 Å². The van der Waals surface area contributed by atoms with Crippen LogP contribution >= 0.6 is 11.3 Å². The van der Waals surface area contributed by atoms with Crippen LogP contribution in [0.1, 0.15) is 17.5 Å². The first-order valence-electron chi connectivity index (χ1n) is 4.35. The number of hydrogen-bond acceptors (Lipinski definition) is 5. The second kappa shape index (κ2) is 3.65. The molecule has 1 aromatic rings. The molecule has 1 aliphatic rings. The quantitative estimate of drug-likeness (QED) is 0.794. The number of aliphatic hydroxyl groups excluding tert-OH is 1. The summed E-state index contributed by atoms with van der Waals surface area (Å²) in [6.07, 6.45) is 1.38. The molecule has 2 heterocycles. The van der Waals surface area contributed by atoms with Crippen molar-refractivity contribution in [3.8, 4) is 6.07 Å². The van der Waals surface area contributed by atoms with E-state index in [2.05, 4.69) is 11.1 Å². The van der Waals surface area contributed by atoms with Crippen LogP contribution in [-0.4, -0.2) is 23.3 Å². The molecule has 0 spiro atoms. The van der Waals surface area contributed by atoms with E-state index < -0.39 is 11.5 Å². The molecule has 0 amide bonds. The zero-order chi connectivity index (χ0) is 10.0. The Labute approximate surface area is 85.8 Å². The molecule has 2 unspecified atom stereocenters. The van der Waals surface area contributed by atoms with Gasteiger partial charge in [-0.05, 0) is 6.42 Å². The number of nitriles is 1. The molecule has 1 aromatic heterocycles. The van der Waals surface area contributed by atoms with Gasteiger partial charge in [-0.15, -0.1) is 11.3 Å². The second-order valence-electron chi connectivity index (χ2n) is 3.34. The zero-order valence-electron chi connectivity index (χ0n) is 7.51. The maximum absolute atomic E-state index is 10.0. The third kappa shape index (κ3) is 1.42. The fraction of sp³-hybridized carbons (Fsp3) is 0.556. The molecule has 0 bridgehead atoms. The predicted octanol–water partition coefficient (Wildman–Crippen LogP) is 1.11. The van der Waals surface area contributed by atoms with E-state index in [1.807, 2.05) is 0 Å². The summed E-state index contributed by atoms with van der Waals surface area (Å²) in [4.78, 5) is 4.02. The number of rotatable bonds is 2. The lowest BCUT2D eigenvalue weighted by molar-refractivity contribution is 0.0502. The van der Waals surface area contributed by atoms with Crippen molar-refractivity contribution in [3.05, 3.63) is 16.6 Å². The molecule has 2 atom stereocenters. The Bertz CT molecular complexity index is 338. The van der Waals surface area contributed by atoms with Crippen LogP contribution in [0.2, 0.25) is 0 Å². The normalized spacial score (nSPS) is 28.6. The van der Waals surface area contributed by atoms with Gasteiger partial charge in [0, 0.05) is 18.2 Å². The number of nitrogens with zero attached hydrogens (tertiary/aromatic N) is 2. The van der Waals surface area contributed by atoms with E-state index in [4.69, 9.17) is 10.00 Å². The zero-order valence-corrected chi connectivity index (χ0v) is 8.33. The molecular formula is C9H10N2O2S. The van der Waals surface area contributed by atoms with Gasteiger partial charge in [-0.3, -0.25) is 0 Å². The first-order chi connectivity index (χ1) is 6.78. The van der Waals surface area contributed by atoms with E-state index in [-0.39, 0.29) is 0 Å². The van der Waals surface area contributed by atoms with Crippen LogP contribution in [0.5, 0.6) is 0 Å². The Morgan fingerprint density at radius 1 is 1.79 bits per heavy atom. The Balaban J connectivity index is 2.25. The minimum absolute atomic E-state index is 0.296. The number of thiazole rings is 1. The molecule has 74 valence electrons. The van der Waals surface area contributed by atoms with E-state index >= 15 is 0 Å².